The quantitative estimate of drug-likeness (QED) is 0.660. The van der Waals surface area contributed by atoms with E-state index < -0.39 is 0 Å². The van der Waals surface area contributed by atoms with Gasteiger partial charge in [-0.15, -0.1) is 0 Å². The van der Waals surface area contributed by atoms with Crippen molar-refractivity contribution in [1.82, 2.24) is 5.32 Å². The van der Waals surface area contributed by atoms with Gasteiger partial charge in [-0.1, -0.05) is 6.42 Å². The molecule has 1 saturated heterocycles. The van der Waals surface area contributed by atoms with Crippen molar-refractivity contribution >= 4 is 5.97 Å². The third kappa shape index (κ3) is 2.69. The van der Waals surface area contributed by atoms with Crippen molar-refractivity contribution < 1.29 is 9.53 Å². The molecular weight excluding hydrogens is 166 g/mol. The Balaban J connectivity index is 2.55. The lowest BCUT2D eigenvalue weighted by Gasteiger charge is -2.25. The second-order valence-electron chi connectivity index (χ2n) is 3.92. The van der Waals surface area contributed by atoms with E-state index in [0.717, 1.165) is 32.4 Å². The predicted octanol–water partition coefficient (Wildman–Crippen LogP) is 1.33. The second-order valence-corrected chi connectivity index (χ2v) is 3.92. The van der Waals surface area contributed by atoms with E-state index in [1.807, 2.05) is 13.8 Å². The van der Waals surface area contributed by atoms with Gasteiger partial charge in [0, 0.05) is 6.54 Å². The van der Waals surface area contributed by atoms with Gasteiger partial charge in [-0.25, -0.2) is 0 Å². The minimum absolute atomic E-state index is 0.0515. The van der Waals surface area contributed by atoms with Gasteiger partial charge in [0.15, 0.2) is 0 Å². The first-order chi connectivity index (χ1) is 6.19. The van der Waals surface area contributed by atoms with E-state index in [0.29, 0.717) is 6.61 Å². The Bertz CT molecular complexity index is 172. The molecular formula is C10H19NO2. The number of carbonyl (C=O) groups excluding carboxylic acids is 1. The normalized spacial score (nSPS) is 29.4. The number of hydrogen-bond donors (Lipinski definition) is 1. The molecule has 1 fully saturated rings. The highest BCUT2D eigenvalue weighted by Crippen LogP contribution is 2.26. The van der Waals surface area contributed by atoms with Crippen LogP contribution in [0, 0.1) is 5.41 Å². The molecule has 0 saturated carbocycles. The SMILES string of the molecule is CCOC(=O)C1(C)CCCCNC1. The molecule has 0 amide bonds. The average Bonchev–Trinajstić information content (AvgIpc) is 2.32. The summed E-state index contributed by atoms with van der Waals surface area (Å²) in [5.41, 5.74) is -0.299. The molecule has 13 heavy (non-hydrogen) atoms. The van der Waals surface area contributed by atoms with Gasteiger partial charge in [0.05, 0.1) is 12.0 Å². The highest BCUT2D eigenvalue weighted by atomic mass is 16.5. The van der Waals surface area contributed by atoms with Crippen LogP contribution in [0.25, 0.3) is 0 Å². The van der Waals surface area contributed by atoms with Crippen LogP contribution in [0.15, 0.2) is 0 Å². The van der Waals surface area contributed by atoms with Crippen LogP contribution in [0.3, 0.4) is 0 Å². The molecule has 1 rings (SSSR count). The first kappa shape index (κ1) is 10.5. The molecule has 0 bridgehead atoms. The smallest absolute Gasteiger partial charge is 0.313 e. The van der Waals surface area contributed by atoms with Gasteiger partial charge in [0.25, 0.3) is 0 Å². The summed E-state index contributed by atoms with van der Waals surface area (Å²) in [5, 5.41) is 3.28. The third-order valence-corrected chi connectivity index (χ3v) is 2.62. The van der Waals surface area contributed by atoms with Gasteiger partial charge in [-0.3, -0.25) is 4.79 Å². The van der Waals surface area contributed by atoms with Crippen molar-refractivity contribution in [2.45, 2.75) is 33.1 Å². The van der Waals surface area contributed by atoms with Crippen LogP contribution in [0.1, 0.15) is 33.1 Å². The molecule has 1 N–H and O–H groups in total. The zero-order valence-electron chi connectivity index (χ0n) is 8.56. The molecule has 1 unspecified atom stereocenters. The molecule has 76 valence electrons. The molecule has 0 aromatic rings. The van der Waals surface area contributed by atoms with Crippen molar-refractivity contribution in [2.24, 2.45) is 5.41 Å². The van der Waals surface area contributed by atoms with Gasteiger partial charge in [0.2, 0.25) is 0 Å². The monoisotopic (exact) mass is 185 g/mol. The summed E-state index contributed by atoms with van der Waals surface area (Å²) in [4.78, 5) is 11.6. The maximum absolute atomic E-state index is 11.6. The fourth-order valence-electron chi connectivity index (χ4n) is 1.70. The van der Waals surface area contributed by atoms with Crippen LogP contribution in [-0.2, 0) is 9.53 Å². The zero-order chi connectivity index (χ0) is 9.73. The summed E-state index contributed by atoms with van der Waals surface area (Å²) >= 11 is 0. The van der Waals surface area contributed by atoms with Crippen LogP contribution in [-0.4, -0.2) is 25.7 Å². The van der Waals surface area contributed by atoms with Gasteiger partial charge in [-0.05, 0) is 33.2 Å². The Labute approximate surface area is 79.8 Å². The number of esters is 1. The minimum atomic E-state index is -0.299. The van der Waals surface area contributed by atoms with E-state index in [1.54, 1.807) is 0 Å². The standard InChI is InChI=1S/C10H19NO2/c1-3-13-9(12)10(2)6-4-5-7-11-8-10/h11H,3-8H2,1-2H3. The third-order valence-electron chi connectivity index (χ3n) is 2.62. The fraction of sp³-hybridized carbons (Fsp3) is 0.900. The Kier molecular flexibility index (Phi) is 3.72. The lowest BCUT2D eigenvalue weighted by molar-refractivity contribution is -0.154. The molecule has 1 aliphatic heterocycles. The average molecular weight is 185 g/mol. The Morgan fingerprint density at radius 3 is 3.00 bits per heavy atom. The second kappa shape index (κ2) is 4.61. The summed E-state index contributed by atoms with van der Waals surface area (Å²) in [6.07, 6.45) is 3.22. The minimum Gasteiger partial charge on any atom is -0.466 e. The van der Waals surface area contributed by atoms with E-state index >= 15 is 0 Å². The topological polar surface area (TPSA) is 38.3 Å². The Morgan fingerprint density at radius 2 is 2.31 bits per heavy atom. The Morgan fingerprint density at radius 1 is 1.54 bits per heavy atom. The van der Waals surface area contributed by atoms with Gasteiger partial charge < -0.3 is 10.1 Å². The lowest BCUT2D eigenvalue weighted by atomic mass is 9.86. The summed E-state index contributed by atoms with van der Waals surface area (Å²) < 4.78 is 5.06. The van der Waals surface area contributed by atoms with Crippen molar-refractivity contribution in [3.63, 3.8) is 0 Å². The molecule has 1 aliphatic rings. The van der Waals surface area contributed by atoms with Crippen molar-refractivity contribution in [1.29, 1.82) is 0 Å². The van der Waals surface area contributed by atoms with Crippen molar-refractivity contribution in [2.75, 3.05) is 19.7 Å². The Hall–Kier alpha value is -0.570. The summed E-state index contributed by atoms with van der Waals surface area (Å²) in [5.74, 6) is -0.0515. The molecule has 0 radical (unpaired) electrons. The zero-order valence-corrected chi connectivity index (χ0v) is 8.56. The van der Waals surface area contributed by atoms with Crippen LogP contribution >= 0.6 is 0 Å². The van der Waals surface area contributed by atoms with E-state index in [1.165, 1.54) is 0 Å². The molecule has 3 heteroatoms. The molecule has 1 heterocycles. The predicted molar refractivity (Wildman–Crippen MR) is 51.5 cm³/mol. The maximum Gasteiger partial charge on any atom is 0.313 e. The number of hydrogen-bond acceptors (Lipinski definition) is 3. The highest BCUT2D eigenvalue weighted by Gasteiger charge is 2.34. The van der Waals surface area contributed by atoms with E-state index in [-0.39, 0.29) is 11.4 Å². The molecule has 0 spiro atoms. The fourth-order valence-corrected chi connectivity index (χ4v) is 1.70. The first-order valence-corrected chi connectivity index (χ1v) is 5.07. The van der Waals surface area contributed by atoms with Crippen LogP contribution < -0.4 is 5.32 Å². The maximum atomic E-state index is 11.6. The molecule has 1 atom stereocenters. The van der Waals surface area contributed by atoms with E-state index in [2.05, 4.69) is 5.32 Å². The summed E-state index contributed by atoms with van der Waals surface area (Å²) in [6.45, 7) is 6.10. The number of ether oxygens (including phenoxy) is 1. The van der Waals surface area contributed by atoms with Gasteiger partial charge in [0.1, 0.15) is 0 Å². The van der Waals surface area contributed by atoms with E-state index in [4.69, 9.17) is 4.74 Å². The van der Waals surface area contributed by atoms with Crippen LogP contribution in [0.4, 0.5) is 0 Å². The summed E-state index contributed by atoms with van der Waals surface area (Å²) in [6, 6.07) is 0. The molecule has 0 aromatic carbocycles. The molecule has 0 aromatic heterocycles. The largest absolute Gasteiger partial charge is 0.466 e. The number of nitrogens with one attached hydrogen (secondary N) is 1. The van der Waals surface area contributed by atoms with Crippen LogP contribution in [0.2, 0.25) is 0 Å². The van der Waals surface area contributed by atoms with Crippen LogP contribution in [0.5, 0.6) is 0 Å². The first-order valence-electron chi connectivity index (χ1n) is 5.07. The lowest BCUT2D eigenvalue weighted by Crippen LogP contribution is -2.38. The van der Waals surface area contributed by atoms with Gasteiger partial charge in [-0.2, -0.15) is 0 Å². The number of rotatable bonds is 2. The highest BCUT2D eigenvalue weighted by molar-refractivity contribution is 5.76. The molecule has 3 nitrogen and oxygen atoms in total. The number of carbonyl (C=O) groups is 1. The van der Waals surface area contributed by atoms with E-state index in [9.17, 15) is 4.79 Å². The summed E-state index contributed by atoms with van der Waals surface area (Å²) in [7, 11) is 0. The molecule has 0 aliphatic carbocycles. The van der Waals surface area contributed by atoms with Crippen molar-refractivity contribution in [3.05, 3.63) is 0 Å². The van der Waals surface area contributed by atoms with Crippen molar-refractivity contribution in [3.8, 4) is 0 Å². The van der Waals surface area contributed by atoms with Gasteiger partial charge >= 0.3 is 5.97 Å².